The summed E-state index contributed by atoms with van der Waals surface area (Å²) < 4.78 is 0. The van der Waals surface area contributed by atoms with Crippen LogP contribution in [-0.4, -0.2) is 37.6 Å². The van der Waals surface area contributed by atoms with Gasteiger partial charge in [-0.05, 0) is 53.2 Å². The lowest BCUT2D eigenvalue weighted by atomic mass is 10.1. The van der Waals surface area contributed by atoms with E-state index in [2.05, 4.69) is 24.2 Å². The molecule has 0 spiro atoms. The molecule has 14 heavy (non-hydrogen) atoms. The van der Waals surface area contributed by atoms with Crippen LogP contribution in [0.15, 0.2) is 0 Å². The minimum atomic E-state index is 0.756. The van der Waals surface area contributed by atoms with Gasteiger partial charge < -0.3 is 10.2 Å². The Bertz CT molecular complexity index is 141. The smallest absolute Gasteiger partial charge is 0.00950 e. The Morgan fingerprint density at radius 1 is 1.36 bits per heavy atom. The molecule has 2 heteroatoms. The average Bonchev–Trinajstić information content (AvgIpc) is 2.69. The molecule has 0 amide bonds. The van der Waals surface area contributed by atoms with Gasteiger partial charge in [-0.3, -0.25) is 0 Å². The lowest BCUT2D eigenvalue weighted by Crippen LogP contribution is -2.37. The molecule has 1 unspecified atom stereocenters. The van der Waals surface area contributed by atoms with Crippen LogP contribution in [0.25, 0.3) is 0 Å². The van der Waals surface area contributed by atoms with Gasteiger partial charge >= 0.3 is 0 Å². The van der Waals surface area contributed by atoms with E-state index in [1.54, 1.807) is 0 Å². The molecular weight excluding hydrogens is 172 g/mol. The van der Waals surface area contributed by atoms with Crippen molar-refractivity contribution in [3.63, 3.8) is 0 Å². The van der Waals surface area contributed by atoms with E-state index in [4.69, 9.17) is 0 Å². The molecule has 0 radical (unpaired) electrons. The first-order chi connectivity index (χ1) is 6.75. The van der Waals surface area contributed by atoms with E-state index < -0.39 is 0 Å². The van der Waals surface area contributed by atoms with Crippen LogP contribution in [0.3, 0.4) is 0 Å². The van der Waals surface area contributed by atoms with Crippen molar-refractivity contribution in [2.75, 3.05) is 20.6 Å². The Morgan fingerprint density at radius 3 is 2.57 bits per heavy atom. The Hall–Kier alpha value is -0.0800. The highest BCUT2D eigenvalue weighted by Gasteiger charge is 2.22. The third-order valence-electron chi connectivity index (χ3n) is 3.64. The van der Waals surface area contributed by atoms with Gasteiger partial charge in [0.1, 0.15) is 0 Å². The van der Waals surface area contributed by atoms with Gasteiger partial charge in [0.25, 0.3) is 0 Å². The van der Waals surface area contributed by atoms with E-state index >= 15 is 0 Å². The van der Waals surface area contributed by atoms with Crippen LogP contribution in [0.5, 0.6) is 0 Å². The monoisotopic (exact) mass is 198 g/mol. The molecule has 0 aliphatic heterocycles. The summed E-state index contributed by atoms with van der Waals surface area (Å²) in [6, 6.07) is 1.63. The maximum Gasteiger partial charge on any atom is 0.00950 e. The van der Waals surface area contributed by atoms with Gasteiger partial charge in [0.2, 0.25) is 0 Å². The SMILES string of the molecule is CNCCCC(C)N(C)C1CCCC1. The lowest BCUT2D eigenvalue weighted by Gasteiger charge is -2.30. The predicted molar refractivity (Wildman–Crippen MR) is 62.6 cm³/mol. The Labute approximate surface area is 89.1 Å². The van der Waals surface area contributed by atoms with Crippen molar-refractivity contribution in [3.05, 3.63) is 0 Å². The first-order valence-electron chi connectivity index (χ1n) is 6.12. The van der Waals surface area contributed by atoms with Crippen LogP contribution >= 0.6 is 0 Å². The number of rotatable bonds is 6. The molecule has 0 heterocycles. The molecule has 1 aliphatic rings. The van der Waals surface area contributed by atoms with Crippen molar-refractivity contribution in [2.24, 2.45) is 0 Å². The molecule has 0 saturated heterocycles. The zero-order valence-electron chi connectivity index (χ0n) is 10.1. The van der Waals surface area contributed by atoms with Gasteiger partial charge in [0.15, 0.2) is 0 Å². The zero-order valence-corrected chi connectivity index (χ0v) is 10.1. The van der Waals surface area contributed by atoms with E-state index in [0.29, 0.717) is 0 Å². The minimum absolute atomic E-state index is 0.756. The summed E-state index contributed by atoms with van der Waals surface area (Å²) in [5, 5.41) is 3.21. The molecule has 1 rings (SSSR count). The Kier molecular flexibility index (Phi) is 5.49. The second-order valence-corrected chi connectivity index (χ2v) is 4.70. The van der Waals surface area contributed by atoms with Crippen LogP contribution < -0.4 is 5.32 Å². The topological polar surface area (TPSA) is 15.3 Å². The van der Waals surface area contributed by atoms with E-state index in [1.807, 2.05) is 7.05 Å². The summed E-state index contributed by atoms with van der Waals surface area (Å²) in [6.07, 6.45) is 8.36. The Balaban J connectivity index is 2.17. The van der Waals surface area contributed by atoms with Gasteiger partial charge in [-0.25, -0.2) is 0 Å². The first kappa shape index (κ1) is 12.0. The van der Waals surface area contributed by atoms with Crippen molar-refractivity contribution in [2.45, 2.75) is 57.5 Å². The van der Waals surface area contributed by atoms with Crippen LogP contribution in [0.1, 0.15) is 45.4 Å². The summed E-state index contributed by atoms with van der Waals surface area (Å²) in [6.45, 7) is 3.52. The third-order valence-corrected chi connectivity index (χ3v) is 3.64. The number of hydrogen-bond acceptors (Lipinski definition) is 2. The molecule has 0 bridgehead atoms. The maximum atomic E-state index is 3.21. The van der Waals surface area contributed by atoms with Gasteiger partial charge in [-0.2, -0.15) is 0 Å². The average molecular weight is 198 g/mol. The molecular formula is C12H26N2. The van der Waals surface area contributed by atoms with Crippen molar-refractivity contribution >= 4 is 0 Å². The summed E-state index contributed by atoms with van der Waals surface area (Å²) >= 11 is 0. The lowest BCUT2D eigenvalue weighted by molar-refractivity contribution is 0.176. The maximum absolute atomic E-state index is 3.21. The number of nitrogens with one attached hydrogen (secondary N) is 1. The summed E-state index contributed by atoms with van der Waals surface area (Å²) in [7, 11) is 4.34. The molecule has 0 aromatic heterocycles. The highest BCUT2D eigenvalue weighted by Crippen LogP contribution is 2.24. The van der Waals surface area contributed by atoms with E-state index in [0.717, 1.165) is 18.6 Å². The highest BCUT2D eigenvalue weighted by atomic mass is 15.2. The molecule has 0 aromatic rings. The van der Waals surface area contributed by atoms with Crippen molar-refractivity contribution in [3.8, 4) is 0 Å². The quantitative estimate of drug-likeness (QED) is 0.659. The number of hydrogen-bond donors (Lipinski definition) is 1. The van der Waals surface area contributed by atoms with Gasteiger partial charge in [-0.15, -0.1) is 0 Å². The van der Waals surface area contributed by atoms with Crippen molar-refractivity contribution in [1.29, 1.82) is 0 Å². The minimum Gasteiger partial charge on any atom is -0.320 e. The Morgan fingerprint density at radius 2 is 2.00 bits per heavy atom. The molecule has 1 fully saturated rings. The van der Waals surface area contributed by atoms with Crippen molar-refractivity contribution < 1.29 is 0 Å². The van der Waals surface area contributed by atoms with Crippen LogP contribution in [0, 0.1) is 0 Å². The first-order valence-corrected chi connectivity index (χ1v) is 6.12. The van der Waals surface area contributed by atoms with Gasteiger partial charge in [-0.1, -0.05) is 12.8 Å². The fraction of sp³-hybridized carbons (Fsp3) is 1.00. The fourth-order valence-electron chi connectivity index (χ4n) is 2.45. The van der Waals surface area contributed by atoms with Crippen LogP contribution in [0.2, 0.25) is 0 Å². The van der Waals surface area contributed by atoms with E-state index in [-0.39, 0.29) is 0 Å². The van der Waals surface area contributed by atoms with E-state index in [9.17, 15) is 0 Å². The largest absolute Gasteiger partial charge is 0.320 e. The number of nitrogens with zero attached hydrogens (tertiary/aromatic N) is 1. The summed E-state index contributed by atoms with van der Waals surface area (Å²) in [5.41, 5.74) is 0. The van der Waals surface area contributed by atoms with E-state index in [1.165, 1.54) is 38.5 Å². The molecule has 1 N–H and O–H groups in total. The molecule has 2 nitrogen and oxygen atoms in total. The van der Waals surface area contributed by atoms with Crippen LogP contribution in [-0.2, 0) is 0 Å². The van der Waals surface area contributed by atoms with Gasteiger partial charge in [0.05, 0.1) is 0 Å². The second-order valence-electron chi connectivity index (χ2n) is 4.70. The molecule has 1 saturated carbocycles. The third kappa shape index (κ3) is 3.58. The molecule has 1 atom stereocenters. The highest BCUT2D eigenvalue weighted by molar-refractivity contribution is 4.78. The molecule has 84 valence electrons. The molecule has 1 aliphatic carbocycles. The molecule has 0 aromatic carbocycles. The zero-order chi connectivity index (χ0) is 10.4. The van der Waals surface area contributed by atoms with Crippen molar-refractivity contribution in [1.82, 2.24) is 10.2 Å². The summed E-state index contributed by atoms with van der Waals surface area (Å²) in [5.74, 6) is 0. The van der Waals surface area contributed by atoms with Crippen LogP contribution in [0.4, 0.5) is 0 Å². The standard InChI is InChI=1S/C12H26N2/c1-11(7-6-10-13-2)14(3)12-8-4-5-9-12/h11-13H,4-10H2,1-3H3. The second kappa shape index (κ2) is 6.41. The normalized spacial score (nSPS) is 20.6. The summed E-state index contributed by atoms with van der Waals surface area (Å²) in [4.78, 5) is 2.60. The fourth-order valence-corrected chi connectivity index (χ4v) is 2.45. The van der Waals surface area contributed by atoms with Gasteiger partial charge in [0, 0.05) is 12.1 Å². The predicted octanol–water partition coefficient (Wildman–Crippen LogP) is 2.25.